The smallest absolute Gasteiger partial charge is 0.243 e. The summed E-state index contributed by atoms with van der Waals surface area (Å²) in [6.07, 6.45) is 2.42. The SMILES string of the molecule is O=S(=O)(c1ccc(Oc2ccccn2)cc1)N1CC2C(Cc3ccc(N4CCOCC4)c(F)c3)C2C1. The summed E-state index contributed by atoms with van der Waals surface area (Å²) >= 11 is 0. The summed E-state index contributed by atoms with van der Waals surface area (Å²) in [5, 5.41) is 0. The third-order valence-electron chi connectivity index (χ3n) is 7.49. The number of ether oxygens (including phenoxy) is 2. The highest BCUT2D eigenvalue weighted by atomic mass is 32.2. The molecule has 188 valence electrons. The molecule has 2 atom stereocenters. The van der Waals surface area contributed by atoms with Crippen molar-refractivity contribution < 1.29 is 22.3 Å². The molecule has 2 saturated heterocycles. The maximum Gasteiger partial charge on any atom is 0.243 e. The van der Waals surface area contributed by atoms with Crippen LogP contribution in [0.1, 0.15) is 5.56 Å². The number of aromatic nitrogens is 1. The molecule has 0 bridgehead atoms. The van der Waals surface area contributed by atoms with E-state index in [0.717, 1.165) is 12.0 Å². The summed E-state index contributed by atoms with van der Waals surface area (Å²) in [6.45, 7) is 3.67. The van der Waals surface area contributed by atoms with Crippen molar-refractivity contribution in [3.63, 3.8) is 0 Å². The van der Waals surface area contributed by atoms with Crippen molar-refractivity contribution in [3.05, 3.63) is 78.2 Å². The van der Waals surface area contributed by atoms with E-state index in [2.05, 4.69) is 4.98 Å². The Bertz CT molecular complexity index is 1320. The van der Waals surface area contributed by atoms with Gasteiger partial charge in [0, 0.05) is 38.4 Å². The van der Waals surface area contributed by atoms with E-state index in [0.29, 0.717) is 74.5 Å². The van der Waals surface area contributed by atoms with Gasteiger partial charge >= 0.3 is 0 Å². The monoisotopic (exact) mass is 509 g/mol. The third-order valence-corrected chi connectivity index (χ3v) is 9.34. The molecule has 0 radical (unpaired) electrons. The van der Waals surface area contributed by atoms with Crippen LogP contribution in [-0.2, 0) is 21.2 Å². The summed E-state index contributed by atoms with van der Waals surface area (Å²) in [4.78, 5) is 6.39. The van der Waals surface area contributed by atoms with Gasteiger partial charge in [-0.1, -0.05) is 12.1 Å². The maximum absolute atomic E-state index is 14.8. The lowest BCUT2D eigenvalue weighted by molar-refractivity contribution is 0.122. The van der Waals surface area contributed by atoms with Gasteiger partial charge in [-0.2, -0.15) is 4.31 Å². The molecule has 6 rings (SSSR count). The van der Waals surface area contributed by atoms with Crippen molar-refractivity contribution in [2.45, 2.75) is 11.3 Å². The first kappa shape index (κ1) is 23.4. The van der Waals surface area contributed by atoms with Crippen molar-refractivity contribution in [3.8, 4) is 11.6 Å². The fourth-order valence-electron chi connectivity index (χ4n) is 5.48. The van der Waals surface area contributed by atoms with E-state index < -0.39 is 10.0 Å². The number of hydrogen-bond donors (Lipinski definition) is 0. The average molecular weight is 510 g/mol. The Morgan fingerprint density at radius 2 is 1.75 bits per heavy atom. The number of rotatable bonds is 7. The number of benzene rings is 2. The minimum absolute atomic E-state index is 0.195. The average Bonchev–Trinajstić information content (AvgIpc) is 3.31. The Morgan fingerprint density at radius 3 is 2.42 bits per heavy atom. The van der Waals surface area contributed by atoms with Crippen LogP contribution in [0.25, 0.3) is 0 Å². The molecule has 9 heteroatoms. The lowest BCUT2D eigenvalue weighted by atomic mass is 10.0. The lowest BCUT2D eigenvalue weighted by Gasteiger charge is -2.29. The van der Waals surface area contributed by atoms with E-state index in [9.17, 15) is 12.8 Å². The molecular weight excluding hydrogens is 481 g/mol. The zero-order chi connectivity index (χ0) is 24.7. The van der Waals surface area contributed by atoms with Crippen molar-refractivity contribution in [1.29, 1.82) is 0 Å². The lowest BCUT2D eigenvalue weighted by Crippen LogP contribution is -2.36. The van der Waals surface area contributed by atoms with Crippen LogP contribution in [0.2, 0.25) is 0 Å². The number of pyridine rings is 1. The van der Waals surface area contributed by atoms with Crippen LogP contribution >= 0.6 is 0 Å². The summed E-state index contributed by atoms with van der Waals surface area (Å²) in [7, 11) is -3.57. The van der Waals surface area contributed by atoms with Crippen LogP contribution < -0.4 is 9.64 Å². The van der Waals surface area contributed by atoms with Crippen LogP contribution in [-0.4, -0.2) is 57.1 Å². The van der Waals surface area contributed by atoms with E-state index >= 15 is 0 Å². The van der Waals surface area contributed by atoms with Gasteiger partial charge in [0.15, 0.2) is 0 Å². The highest BCUT2D eigenvalue weighted by Crippen LogP contribution is 2.54. The number of halogens is 1. The van der Waals surface area contributed by atoms with Gasteiger partial charge in [0.2, 0.25) is 15.9 Å². The largest absolute Gasteiger partial charge is 0.439 e. The van der Waals surface area contributed by atoms with Crippen molar-refractivity contribution in [1.82, 2.24) is 9.29 Å². The van der Waals surface area contributed by atoms with Crippen LogP contribution in [0.5, 0.6) is 11.6 Å². The Kier molecular flexibility index (Phi) is 6.15. The molecule has 7 nitrogen and oxygen atoms in total. The molecular formula is C27H28FN3O4S. The summed E-state index contributed by atoms with van der Waals surface area (Å²) in [5.74, 6) is 1.85. The van der Waals surface area contributed by atoms with Gasteiger partial charge in [-0.3, -0.25) is 0 Å². The Morgan fingerprint density at radius 1 is 1.00 bits per heavy atom. The molecule has 0 spiro atoms. The summed E-state index contributed by atoms with van der Waals surface area (Å²) in [6, 6.07) is 17.3. The fourth-order valence-corrected chi connectivity index (χ4v) is 6.99. The van der Waals surface area contributed by atoms with E-state index in [1.54, 1.807) is 53.0 Å². The number of hydrogen-bond acceptors (Lipinski definition) is 6. The molecule has 36 heavy (non-hydrogen) atoms. The van der Waals surface area contributed by atoms with Gasteiger partial charge in [0.05, 0.1) is 23.8 Å². The van der Waals surface area contributed by atoms with Gasteiger partial charge in [-0.15, -0.1) is 0 Å². The second-order valence-electron chi connectivity index (χ2n) is 9.64. The number of piperidine rings is 1. The normalized spacial score (nSPS) is 23.9. The van der Waals surface area contributed by atoms with Gasteiger partial charge in [0.1, 0.15) is 11.6 Å². The molecule has 3 fully saturated rings. The molecule has 0 amide bonds. The minimum Gasteiger partial charge on any atom is -0.439 e. The van der Waals surface area contributed by atoms with Crippen molar-refractivity contribution in [2.24, 2.45) is 17.8 Å². The molecule has 3 heterocycles. The Balaban J connectivity index is 1.05. The van der Waals surface area contributed by atoms with Crippen LogP contribution in [0.15, 0.2) is 71.8 Å². The van der Waals surface area contributed by atoms with E-state index in [1.807, 2.05) is 23.1 Å². The molecule has 1 aliphatic carbocycles. The quantitative estimate of drug-likeness (QED) is 0.480. The molecule has 3 aliphatic rings. The third kappa shape index (κ3) is 4.58. The first-order valence-electron chi connectivity index (χ1n) is 12.3. The molecule has 3 aromatic rings. The number of morpholine rings is 1. The molecule has 1 aromatic heterocycles. The molecule has 2 aromatic carbocycles. The second-order valence-corrected chi connectivity index (χ2v) is 11.6. The summed E-state index contributed by atoms with van der Waals surface area (Å²) in [5.41, 5.74) is 1.61. The fraction of sp³-hybridized carbons (Fsp3) is 0.370. The zero-order valence-electron chi connectivity index (χ0n) is 19.8. The van der Waals surface area contributed by atoms with E-state index in [1.165, 1.54) is 0 Å². The minimum atomic E-state index is -3.57. The molecule has 2 unspecified atom stereocenters. The van der Waals surface area contributed by atoms with E-state index in [4.69, 9.17) is 9.47 Å². The maximum atomic E-state index is 14.8. The Labute approximate surface area is 210 Å². The van der Waals surface area contributed by atoms with Crippen molar-refractivity contribution >= 4 is 15.7 Å². The Hall–Kier alpha value is -3.01. The van der Waals surface area contributed by atoms with Crippen molar-refractivity contribution in [2.75, 3.05) is 44.3 Å². The van der Waals surface area contributed by atoms with Gasteiger partial charge in [-0.25, -0.2) is 17.8 Å². The first-order chi connectivity index (χ1) is 17.5. The molecule has 0 N–H and O–H groups in total. The van der Waals surface area contributed by atoms with Crippen LogP contribution in [0.4, 0.5) is 10.1 Å². The summed E-state index contributed by atoms with van der Waals surface area (Å²) < 4.78 is 53.7. The van der Waals surface area contributed by atoms with E-state index in [-0.39, 0.29) is 10.7 Å². The van der Waals surface area contributed by atoms with Crippen LogP contribution in [0.3, 0.4) is 0 Å². The topological polar surface area (TPSA) is 72.0 Å². The number of fused-ring (bicyclic) bond motifs is 1. The standard InChI is InChI=1S/C27H28FN3O4S/c28-25-16-19(4-9-26(25)30-11-13-34-14-12-30)15-22-23-17-31(18-24(22)23)36(32,33)21-7-5-20(6-8-21)35-27-3-1-2-10-29-27/h1-10,16,22-24H,11-15,17-18H2. The second kappa shape index (κ2) is 9.46. The predicted molar refractivity (Wildman–Crippen MR) is 133 cm³/mol. The van der Waals surface area contributed by atoms with Gasteiger partial charge in [0.25, 0.3) is 0 Å². The molecule has 1 saturated carbocycles. The van der Waals surface area contributed by atoms with Gasteiger partial charge < -0.3 is 14.4 Å². The number of sulfonamides is 1. The number of nitrogens with zero attached hydrogens (tertiary/aromatic N) is 3. The van der Waals surface area contributed by atoms with Crippen LogP contribution in [0, 0.1) is 23.6 Å². The molecule has 2 aliphatic heterocycles. The highest BCUT2D eigenvalue weighted by molar-refractivity contribution is 7.89. The predicted octanol–water partition coefficient (Wildman–Crippen LogP) is 3.96. The zero-order valence-corrected chi connectivity index (χ0v) is 20.6. The highest BCUT2D eigenvalue weighted by Gasteiger charge is 2.57. The first-order valence-corrected chi connectivity index (χ1v) is 13.7. The van der Waals surface area contributed by atoms with Gasteiger partial charge in [-0.05, 0) is 72.2 Å². The number of anilines is 1.